The molecule has 4 nitrogen and oxygen atoms in total. The number of hydrogen-bond donors (Lipinski definition) is 2. The monoisotopic (exact) mass is 367 g/mol. The van der Waals surface area contributed by atoms with Gasteiger partial charge in [0.05, 0.1) is 12.6 Å². The van der Waals surface area contributed by atoms with Gasteiger partial charge in [0.25, 0.3) is 5.91 Å². The summed E-state index contributed by atoms with van der Waals surface area (Å²) in [6.45, 7) is 2.70. The standard InChI is InChI=1S/C19H20F3NO3/c1-13(2)26-16-10-8-14(9-11-16)17(24)23-12-18(25,19(20,21)22)15-6-4-3-5-7-15/h3-11,13,25H,12H2,1-2H3,(H,23,24)/t18-/m1/s1. The lowest BCUT2D eigenvalue weighted by Gasteiger charge is -2.31. The van der Waals surface area contributed by atoms with Crippen LogP contribution in [0.2, 0.25) is 0 Å². The van der Waals surface area contributed by atoms with Gasteiger partial charge >= 0.3 is 6.18 Å². The topological polar surface area (TPSA) is 58.6 Å². The molecule has 0 unspecified atom stereocenters. The highest BCUT2D eigenvalue weighted by atomic mass is 19.4. The molecule has 0 aliphatic rings. The second-order valence-corrected chi connectivity index (χ2v) is 6.10. The molecule has 0 bridgehead atoms. The number of rotatable bonds is 6. The minimum Gasteiger partial charge on any atom is -0.491 e. The van der Waals surface area contributed by atoms with Crippen molar-refractivity contribution in [3.05, 3.63) is 65.7 Å². The maximum atomic E-state index is 13.4. The molecule has 0 saturated heterocycles. The lowest BCUT2D eigenvalue weighted by atomic mass is 9.93. The number of benzene rings is 2. The molecule has 0 fully saturated rings. The highest BCUT2D eigenvalue weighted by molar-refractivity contribution is 5.94. The summed E-state index contributed by atoms with van der Waals surface area (Å²) in [7, 11) is 0. The average Bonchev–Trinajstić information content (AvgIpc) is 2.59. The molecule has 0 spiro atoms. The Kier molecular flexibility index (Phi) is 5.92. The third-order valence-corrected chi connectivity index (χ3v) is 3.71. The quantitative estimate of drug-likeness (QED) is 0.819. The van der Waals surface area contributed by atoms with Crippen LogP contribution in [0.15, 0.2) is 54.6 Å². The molecule has 26 heavy (non-hydrogen) atoms. The zero-order valence-corrected chi connectivity index (χ0v) is 14.4. The fourth-order valence-electron chi connectivity index (χ4n) is 2.35. The van der Waals surface area contributed by atoms with Crippen LogP contribution < -0.4 is 10.1 Å². The number of amides is 1. The summed E-state index contributed by atoms with van der Waals surface area (Å²) in [5.74, 6) is -0.174. The van der Waals surface area contributed by atoms with Crippen LogP contribution in [0.1, 0.15) is 29.8 Å². The normalized spacial score (nSPS) is 14.0. The second-order valence-electron chi connectivity index (χ2n) is 6.10. The van der Waals surface area contributed by atoms with Crippen LogP contribution in [-0.2, 0) is 5.60 Å². The Bertz CT molecular complexity index is 730. The number of hydrogen-bond acceptors (Lipinski definition) is 3. The fraction of sp³-hybridized carbons (Fsp3) is 0.316. The Labute approximate surface area is 149 Å². The molecule has 2 N–H and O–H groups in total. The van der Waals surface area contributed by atoms with E-state index in [0.717, 1.165) is 12.1 Å². The maximum Gasteiger partial charge on any atom is 0.423 e. The van der Waals surface area contributed by atoms with Gasteiger partial charge in [-0.1, -0.05) is 30.3 Å². The fourth-order valence-corrected chi connectivity index (χ4v) is 2.35. The smallest absolute Gasteiger partial charge is 0.423 e. The molecule has 2 rings (SSSR count). The first-order valence-corrected chi connectivity index (χ1v) is 8.03. The summed E-state index contributed by atoms with van der Waals surface area (Å²) in [4.78, 5) is 12.2. The molecular weight excluding hydrogens is 347 g/mol. The molecule has 0 saturated carbocycles. The predicted octanol–water partition coefficient (Wildman–Crippen LogP) is 3.65. The van der Waals surface area contributed by atoms with E-state index in [4.69, 9.17) is 4.74 Å². The van der Waals surface area contributed by atoms with Crippen LogP contribution in [-0.4, -0.2) is 29.8 Å². The van der Waals surface area contributed by atoms with Gasteiger partial charge in [0.15, 0.2) is 0 Å². The third-order valence-electron chi connectivity index (χ3n) is 3.71. The van der Waals surface area contributed by atoms with E-state index >= 15 is 0 Å². The molecule has 1 atom stereocenters. The van der Waals surface area contributed by atoms with Crippen molar-refractivity contribution >= 4 is 5.91 Å². The Hall–Kier alpha value is -2.54. The van der Waals surface area contributed by atoms with Crippen molar-refractivity contribution < 1.29 is 27.8 Å². The van der Waals surface area contributed by atoms with E-state index in [0.29, 0.717) is 5.75 Å². The van der Waals surface area contributed by atoms with Crippen molar-refractivity contribution in [3.63, 3.8) is 0 Å². The van der Waals surface area contributed by atoms with Gasteiger partial charge in [0.2, 0.25) is 5.60 Å². The number of carbonyl (C=O) groups is 1. The molecule has 140 valence electrons. The second kappa shape index (κ2) is 7.78. The SMILES string of the molecule is CC(C)Oc1ccc(C(=O)NC[C@@](O)(c2ccccc2)C(F)(F)F)cc1. The van der Waals surface area contributed by atoms with E-state index in [-0.39, 0.29) is 17.2 Å². The van der Waals surface area contributed by atoms with Crippen LogP contribution >= 0.6 is 0 Å². The number of aliphatic hydroxyl groups is 1. The first-order valence-electron chi connectivity index (χ1n) is 8.03. The zero-order valence-electron chi connectivity index (χ0n) is 14.4. The third kappa shape index (κ3) is 4.54. The highest BCUT2D eigenvalue weighted by Gasteiger charge is 2.55. The summed E-state index contributed by atoms with van der Waals surface area (Å²) < 4.78 is 45.6. The van der Waals surface area contributed by atoms with Gasteiger partial charge in [-0.2, -0.15) is 13.2 Å². The van der Waals surface area contributed by atoms with Gasteiger partial charge in [-0.3, -0.25) is 4.79 Å². The molecule has 0 heterocycles. The van der Waals surface area contributed by atoms with Crippen molar-refractivity contribution in [2.24, 2.45) is 0 Å². The van der Waals surface area contributed by atoms with Gasteiger partial charge in [-0.15, -0.1) is 0 Å². The summed E-state index contributed by atoms with van der Waals surface area (Å²) in [5, 5.41) is 12.4. The first kappa shape index (κ1) is 19.8. The highest BCUT2D eigenvalue weighted by Crippen LogP contribution is 2.38. The molecular formula is C19H20F3NO3. The number of carbonyl (C=O) groups excluding carboxylic acids is 1. The van der Waals surface area contributed by atoms with Crippen LogP contribution in [0, 0.1) is 0 Å². The summed E-state index contributed by atoms with van der Waals surface area (Å²) in [6.07, 6.45) is -4.99. The summed E-state index contributed by atoms with van der Waals surface area (Å²) in [6, 6.07) is 12.7. The van der Waals surface area contributed by atoms with E-state index in [1.54, 1.807) is 18.2 Å². The molecule has 0 aliphatic heterocycles. The lowest BCUT2D eigenvalue weighted by Crippen LogP contribution is -2.51. The minimum atomic E-state index is -4.95. The number of nitrogens with one attached hydrogen (secondary N) is 1. The van der Waals surface area contributed by atoms with Crippen molar-refractivity contribution in [2.45, 2.75) is 31.7 Å². The molecule has 0 radical (unpaired) electrons. The van der Waals surface area contributed by atoms with E-state index in [1.807, 2.05) is 13.8 Å². The number of halogens is 3. The summed E-state index contributed by atoms with van der Waals surface area (Å²) in [5.41, 5.74) is -3.35. The van der Waals surface area contributed by atoms with E-state index in [9.17, 15) is 23.1 Å². The number of alkyl halides is 3. The van der Waals surface area contributed by atoms with Crippen LogP contribution in [0.3, 0.4) is 0 Å². The van der Waals surface area contributed by atoms with Crippen molar-refractivity contribution in [2.75, 3.05) is 6.54 Å². The van der Waals surface area contributed by atoms with Gasteiger partial charge in [-0.05, 0) is 43.7 Å². The van der Waals surface area contributed by atoms with Gasteiger partial charge in [-0.25, -0.2) is 0 Å². The predicted molar refractivity (Wildman–Crippen MR) is 90.9 cm³/mol. The van der Waals surface area contributed by atoms with Crippen LogP contribution in [0.4, 0.5) is 13.2 Å². The Morgan fingerprint density at radius 3 is 2.15 bits per heavy atom. The Balaban J connectivity index is 2.12. The van der Waals surface area contributed by atoms with E-state index in [2.05, 4.69) is 5.32 Å². The largest absolute Gasteiger partial charge is 0.491 e. The number of ether oxygens (including phenoxy) is 1. The Morgan fingerprint density at radius 2 is 1.65 bits per heavy atom. The average molecular weight is 367 g/mol. The molecule has 2 aromatic rings. The van der Waals surface area contributed by atoms with Crippen molar-refractivity contribution in [3.8, 4) is 5.75 Å². The maximum absolute atomic E-state index is 13.4. The van der Waals surface area contributed by atoms with Crippen molar-refractivity contribution in [1.82, 2.24) is 5.32 Å². The lowest BCUT2D eigenvalue weighted by molar-refractivity contribution is -0.263. The first-order chi connectivity index (χ1) is 12.1. The summed E-state index contributed by atoms with van der Waals surface area (Å²) >= 11 is 0. The molecule has 1 amide bonds. The van der Waals surface area contributed by atoms with E-state index in [1.165, 1.54) is 24.3 Å². The van der Waals surface area contributed by atoms with E-state index < -0.39 is 24.2 Å². The molecule has 7 heteroatoms. The van der Waals surface area contributed by atoms with Crippen molar-refractivity contribution in [1.29, 1.82) is 0 Å². The molecule has 0 aliphatic carbocycles. The molecule has 0 aromatic heterocycles. The molecule has 2 aromatic carbocycles. The van der Waals surface area contributed by atoms with Crippen LogP contribution in [0.5, 0.6) is 5.75 Å². The minimum absolute atomic E-state index is 0.0395. The van der Waals surface area contributed by atoms with Gasteiger partial charge < -0.3 is 15.2 Å². The van der Waals surface area contributed by atoms with Crippen LogP contribution in [0.25, 0.3) is 0 Å². The zero-order chi connectivity index (χ0) is 19.4. The van der Waals surface area contributed by atoms with Gasteiger partial charge in [0, 0.05) is 5.56 Å². The Morgan fingerprint density at radius 1 is 1.08 bits per heavy atom. The van der Waals surface area contributed by atoms with Gasteiger partial charge in [0.1, 0.15) is 5.75 Å².